The summed E-state index contributed by atoms with van der Waals surface area (Å²) in [5.74, 6) is 1.85. The first kappa shape index (κ1) is 22.7. The number of carbonyl (C=O) groups excluding carboxylic acids is 1. The van der Waals surface area contributed by atoms with Gasteiger partial charge < -0.3 is 20.3 Å². The van der Waals surface area contributed by atoms with Crippen molar-refractivity contribution in [2.75, 3.05) is 20.2 Å². The second-order valence-electron chi connectivity index (χ2n) is 7.93. The molecule has 0 saturated heterocycles. The fraction of sp³-hybridized carbons (Fsp3) is 0.440. The van der Waals surface area contributed by atoms with E-state index in [-0.39, 0.29) is 5.91 Å². The number of rotatable bonds is 9. The van der Waals surface area contributed by atoms with Gasteiger partial charge in [0.25, 0.3) is 0 Å². The number of nitrogens with one attached hydrogen (secondary N) is 2. The molecule has 6 nitrogen and oxygen atoms in total. The molecule has 0 aliphatic carbocycles. The van der Waals surface area contributed by atoms with Crippen LogP contribution in [0.3, 0.4) is 0 Å². The Hall–Kier alpha value is -3.02. The largest absolute Gasteiger partial charge is 0.493 e. The summed E-state index contributed by atoms with van der Waals surface area (Å²) in [5.41, 5.74) is 4.81. The van der Waals surface area contributed by atoms with Crippen LogP contribution >= 0.6 is 0 Å². The first-order valence-corrected chi connectivity index (χ1v) is 11.1. The van der Waals surface area contributed by atoms with Crippen LogP contribution in [0.1, 0.15) is 48.4 Å². The summed E-state index contributed by atoms with van der Waals surface area (Å²) in [5, 5.41) is 6.64. The van der Waals surface area contributed by atoms with E-state index in [1.54, 1.807) is 7.05 Å². The van der Waals surface area contributed by atoms with E-state index in [0.717, 1.165) is 43.2 Å². The Morgan fingerprint density at radius 3 is 2.55 bits per heavy atom. The number of ether oxygens (including phenoxy) is 1. The van der Waals surface area contributed by atoms with E-state index in [9.17, 15) is 4.79 Å². The number of benzene rings is 2. The van der Waals surface area contributed by atoms with Crippen molar-refractivity contribution in [2.24, 2.45) is 4.99 Å². The monoisotopic (exact) mass is 422 g/mol. The SMILES string of the molecule is CCCOc1cc(C)ccc1CNC(=NC)NCCCC(=O)N1Cc2ccccc2C1. The van der Waals surface area contributed by atoms with Gasteiger partial charge in [0.2, 0.25) is 5.91 Å². The molecule has 3 rings (SSSR count). The lowest BCUT2D eigenvalue weighted by Crippen LogP contribution is -2.37. The maximum atomic E-state index is 12.5. The van der Waals surface area contributed by atoms with Gasteiger partial charge >= 0.3 is 0 Å². The van der Waals surface area contributed by atoms with E-state index >= 15 is 0 Å². The molecule has 31 heavy (non-hydrogen) atoms. The van der Waals surface area contributed by atoms with E-state index in [1.807, 2.05) is 17.0 Å². The molecule has 0 radical (unpaired) electrons. The molecule has 0 aromatic heterocycles. The molecule has 1 aliphatic heterocycles. The van der Waals surface area contributed by atoms with Gasteiger partial charge in [0.1, 0.15) is 5.75 Å². The maximum absolute atomic E-state index is 12.5. The molecule has 2 aromatic rings. The zero-order valence-electron chi connectivity index (χ0n) is 18.9. The van der Waals surface area contributed by atoms with Gasteiger partial charge in [-0.05, 0) is 42.5 Å². The van der Waals surface area contributed by atoms with Crippen LogP contribution in [-0.2, 0) is 24.4 Å². The van der Waals surface area contributed by atoms with E-state index in [0.29, 0.717) is 26.1 Å². The summed E-state index contributed by atoms with van der Waals surface area (Å²) in [6, 6.07) is 14.5. The number of fused-ring (bicyclic) bond motifs is 1. The zero-order valence-corrected chi connectivity index (χ0v) is 18.9. The third kappa shape index (κ3) is 6.48. The smallest absolute Gasteiger partial charge is 0.223 e. The molecule has 1 amide bonds. The van der Waals surface area contributed by atoms with Crippen molar-refractivity contribution in [1.82, 2.24) is 15.5 Å². The van der Waals surface area contributed by atoms with E-state index in [4.69, 9.17) is 4.74 Å². The molecule has 0 spiro atoms. The van der Waals surface area contributed by atoms with Crippen LogP contribution in [0.5, 0.6) is 5.75 Å². The number of aliphatic imine (C=N–C) groups is 1. The fourth-order valence-corrected chi connectivity index (χ4v) is 3.67. The highest BCUT2D eigenvalue weighted by molar-refractivity contribution is 5.80. The predicted octanol–water partition coefficient (Wildman–Crippen LogP) is 3.77. The highest BCUT2D eigenvalue weighted by atomic mass is 16.5. The van der Waals surface area contributed by atoms with Crippen molar-refractivity contribution < 1.29 is 9.53 Å². The van der Waals surface area contributed by atoms with Gasteiger partial charge in [-0.2, -0.15) is 0 Å². The summed E-state index contributed by atoms with van der Waals surface area (Å²) in [4.78, 5) is 18.8. The summed E-state index contributed by atoms with van der Waals surface area (Å²) in [7, 11) is 1.76. The van der Waals surface area contributed by atoms with Crippen LogP contribution in [0.25, 0.3) is 0 Å². The number of nitrogens with zero attached hydrogens (tertiary/aromatic N) is 2. The van der Waals surface area contributed by atoms with Gasteiger partial charge in [0.05, 0.1) is 6.61 Å². The third-order valence-corrected chi connectivity index (χ3v) is 5.41. The summed E-state index contributed by atoms with van der Waals surface area (Å²) in [6.07, 6.45) is 2.28. The number of aryl methyl sites for hydroxylation is 1. The number of guanidine groups is 1. The molecular weight excluding hydrogens is 388 g/mol. The second-order valence-corrected chi connectivity index (χ2v) is 7.93. The molecule has 6 heteroatoms. The Labute approximate surface area is 185 Å². The number of hydrogen-bond acceptors (Lipinski definition) is 3. The van der Waals surface area contributed by atoms with Crippen LogP contribution in [0.15, 0.2) is 47.5 Å². The van der Waals surface area contributed by atoms with Gasteiger partial charge in [-0.15, -0.1) is 0 Å². The standard InChI is InChI=1S/C25H34N4O2/c1-4-14-31-23-15-19(2)11-12-20(23)16-28-25(26-3)27-13-7-10-24(30)29-17-21-8-5-6-9-22(21)18-29/h5-6,8-9,11-12,15H,4,7,10,13-14,16-18H2,1-3H3,(H2,26,27,28). The average Bonchev–Trinajstić information content (AvgIpc) is 3.22. The van der Waals surface area contributed by atoms with Crippen molar-refractivity contribution in [1.29, 1.82) is 0 Å². The third-order valence-electron chi connectivity index (χ3n) is 5.41. The lowest BCUT2D eigenvalue weighted by atomic mass is 10.1. The van der Waals surface area contributed by atoms with Gasteiger partial charge in [-0.25, -0.2) is 0 Å². The van der Waals surface area contributed by atoms with Crippen molar-refractivity contribution in [3.63, 3.8) is 0 Å². The molecule has 2 N–H and O–H groups in total. The van der Waals surface area contributed by atoms with Gasteiger partial charge in [0.15, 0.2) is 5.96 Å². The Balaban J connectivity index is 1.40. The molecule has 0 saturated carbocycles. The Morgan fingerprint density at radius 1 is 1.13 bits per heavy atom. The highest BCUT2D eigenvalue weighted by Crippen LogP contribution is 2.23. The van der Waals surface area contributed by atoms with E-state index in [2.05, 4.69) is 59.8 Å². The molecule has 0 fully saturated rings. The van der Waals surface area contributed by atoms with Crippen molar-refractivity contribution in [3.8, 4) is 5.75 Å². The van der Waals surface area contributed by atoms with Crippen molar-refractivity contribution in [2.45, 2.75) is 52.7 Å². The molecule has 0 unspecified atom stereocenters. The van der Waals surface area contributed by atoms with Crippen molar-refractivity contribution in [3.05, 3.63) is 64.7 Å². The topological polar surface area (TPSA) is 66.0 Å². The fourth-order valence-electron chi connectivity index (χ4n) is 3.67. The van der Waals surface area contributed by atoms with Crippen LogP contribution in [0, 0.1) is 6.92 Å². The molecule has 2 aromatic carbocycles. The summed E-state index contributed by atoms with van der Waals surface area (Å²) >= 11 is 0. The van der Waals surface area contributed by atoms with Crippen LogP contribution in [0.2, 0.25) is 0 Å². The minimum atomic E-state index is 0.207. The van der Waals surface area contributed by atoms with E-state index < -0.39 is 0 Å². The molecule has 1 heterocycles. The summed E-state index contributed by atoms with van der Waals surface area (Å²) < 4.78 is 5.89. The highest BCUT2D eigenvalue weighted by Gasteiger charge is 2.22. The van der Waals surface area contributed by atoms with Gasteiger partial charge in [-0.3, -0.25) is 9.79 Å². The first-order chi connectivity index (χ1) is 15.1. The van der Waals surface area contributed by atoms with Crippen molar-refractivity contribution >= 4 is 11.9 Å². The Kier molecular flexibility index (Phi) is 8.33. The normalized spacial score (nSPS) is 13.1. The van der Waals surface area contributed by atoms with Gasteiger partial charge in [0, 0.05) is 45.2 Å². The number of amides is 1. The molecule has 0 bridgehead atoms. The minimum Gasteiger partial charge on any atom is -0.493 e. The lowest BCUT2D eigenvalue weighted by Gasteiger charge is -2.17. The number of hydrogen-bond donors (Lipinski definition) is 2. The van der Waals surface area contributed by atoms with Crippen LogP contribution in [0.4, 0.5) is 0 Å². The minimum absolute atomic E-state index is 0.207. The molecular formula is C25H34N4O2. The van der Waals surface area contributed by atoms with Crippen LogP contribution in [-0.4, -0.2) is 37.0 Å². The van der Waals surface area contributed by atoms with E-state index in [1.165, 1.54) is 16.7 Å². The second kappa shape index (κ2) is 11.4. The average molecular weight is 423 g/mol. The number of carbonyl (C=O) groups is 1. The first-order valence-electron chi connectivity index (χ1n) is 11.1. The van der Waals surface area contributed by atoms with Gasteiger partial charge in [-0.1, -0.05) is 43.3 Å². The maximum Gasteiger partial charge on any atom is 0.223 e. The van der Waals surface area contributed by atoms with Crippen LogP contribution < -0.4 is 15.4 Å². The lowest BCUT2D eigenvalue weighted by molar-refractivity contribution is -0.131. The Morgan fingerprint density at radius 2 is 1.87 bits per heavy atom. The predicted molar refractivity (Wildman–Crippen MR) is 125 cm³/mol. The quantitative estimate of drug-likeness (QED) is 0.367. The molecule has 0 atom stereocenters. The Bertz CT molecular complexity index is 885. The zero-order chi connectivity index (χ0) is 22.1. The molecule has 166 valence electrons. The summed E-state index contributed by atoms with van der Waals surface area (Å²) in [6.45, 7) is 7.66. The molecule has 1 aliphatic rings.